The molecule has 0 radical (unpaired) electrons. The van der Waals surface area contributed by atoms with Crippen molar-refractivity contribution in [2.45, 2.75) is 38.9 Å². The van der Waals surface area contributed by atoms with Gasteiger partial charge < -0.3 is 9.76 Å². The molecule has 0 aliphatic carbocycles. The standard InChI is InChI=1S/C40H34BN3O2S/c1-39(2,45)40(3,4)46-41-30-20-13-19-27-28-22-23-34-35(29-18-11-12-21-33(29)47-34)37(28)44(36(27)30)38-42-31(25-14-7-5-8-15-25)24-32(43-38)26-16-9-6-10-17-26/h5-24,41,45H,1-4H3. The third kappa shape index (κ3) is 5.02. The SMILES string of the molecule is CC(C)(O)C(C)(C)OBc1cccc2c3ccc4sc5ccccc5c4c3n(-c3nc(-c4ccccc4)cc(-c4ccccc4)n3)c12. The molecule has 3 aromatic heterocycles. The van der Waals surface area contributed by atoms with Crippen molar-refractivity contribution in [3.8, 4) is 28.5 Å². The molecule has 5 aromatic carbocycles. The number of aromatic nitrogens is 3. The Morgan fingerprint density at radius 3 is 1.89 bits per heavy atom. The summed E-state index contributed by atoms with van der Waals surface area (Å²) in [7, 11) is 0.308. The van der Waals surface area contributed by atoms with E-state index < -0.39 is 11.2 Å². The van der Waals surface area contributed by atoms with Crippen LogP contribution in [0.3, 0.4) is 0 Å². The molecule has 0 unspecified atom stereocenters. The molecule has 47 heavy (non-hydrogen) atoms. The lowest BCUT2D eigenvalue weighted by Crippen LogP contribution is -2.49. The van der Waals surface area contributed by atoms with Gasteiger partial charge in [-0.15, -0.1) is 11.3 Å². The second kappa shape index (κ2) is 11.2. The normalized spacial score (nSPS) is 12.4. The first-order valence-corrected chi connectivity index (χ1v) is 16.7. The predicted molar refractivity (Wildman–Crippen MR) is 198 cm³/mol. The summed E-state index contributed by atoms with van der Waals surface area (Å²) in [5.41, 5.74) is 5.01. The van der Waals surface area contributed by atoms with Crippen molar-refractivity contribution >= 4 is 66.3 Å². The summed E-state index contributed by atoms with van der Waals surface area (Å²) in [6.45, 7) is 7.44. The van der Waals surface area contributed by atoms with Gasteiger partial charge in [0.1, 0.15) is 0 Å². The Morgan fingerprint density at radius 2 is 1.23 bits per heavy atom. The zero-order valence-electron chi connectivity index (χ0n) is 26.9. The van der Waals surface area contributed by atoms with Gasteiger partial charge in [0.2, 0.25) is 5.95 Å². The molecular weight excluding hydrogens is 597 g/mol. The summed E-state index contributed by atoms with van der Waals surface area (Å²) in [6, 6.07) is 42.1. The first-order chi connectivity index (χ1) is 22.7. The highest BCUT2D eigenvalue weighted by molar-refractivity contribution is 7.26. The number of hydrogen-bond acceptors (Lipinski definition) is 5. The van der Waals surface area contributed by atoms with Gasteiger partial charge in [-0.3, -0.25) is 4.57 Å². The van der Waals surface area contributed by atoms with Crippen molar-refractivity contribution in [3.05, 3.63) is 121 Å². The first kappa shape index (κ1) is 29.6. The second-order valence-electron chi connectivity index (χ2n) is 13.1. The van der Waals surface area contributed by atoms with Gasteiger partial charge in [-0.1, -0.05) is 103 Å². The fourth-order valence-corrected chi connectivity index (χ4v) is 7.34. The van der Waals surface area contributed by atoms with Crippen LogP contribution in [0.5, 0.6) is 0 Å². The third-order valence-electron chi connectivity index (χ3n) is 9.49. The van der Waals surface area contributed by atoms with Crippen molar-refractivity contribution in [1.82, 2.24) is 14.5 Å². The van der Waals surface area contributed by atoms with Crippen LogP contribution in [0.25, 0.3) is 70.4 Å². The van der Waals surface area contributed by atoms with Crippen LogP contribution < -0.4 is 5.46 Å². The van der Waals surface area contributed by atoms with Crippen molar-refractivity contribution < 1.29 is 9.76 Å². The average molecular weight is 632 g/mol. The number of fused-ring (bicyclic) bond motifs is 7. The molecule has 0 spiro atoms. The maximum absolute atomic E-state index is 10.9. The Balaban J connectivity index is 1.49. The lowest BCUT2D eigenvalue weighted by atomic mass is 9.81. The molecule has 1 N–H and O–H groups in total. The Morgan fingerprint density at radius 1 is 0.638 bits per heavy atom. The van der Waals surface area contributed by atoms with Crippen LogP contribution in [0, 0.1) is 0 Å². The van der Waals surface area contributed by atoms with E-state index in [1.54, 1.807) is 25.2 Å². The number of aliphatic hydroxyl groups is 1. The summed E-state index contributed by atoms with van der Waals surface area (Å²) in [5.74, 6) is 0.599. The molecule has 0 fully saturated rings. The number of para-hydroxylation sites is 1. The summed E-state index contributed by atoms with van der Waals surface area (Å²) >= 11 is 1.80. The van der Waals surface area contributed by atoms with E-state index in [1.165, 1.54) is 20.2 Å². The molecule has 5 nitrogen and oxygen atoms in total. The summed E-state index contributed by atoms with van der Waals surface area (Å²) < 4.78 is 11.2. The summed E-state index contributed by atoms with van der Waals surface area (Å²) in [6.07, 6.45) is 0. The van der Waals surface area contributed by atoms with Crippen molar-refractivity contribution in [2.24, 2.45) is 0 Å². The molecule has 0 saturated heterocycles. The van der Waals surface area contributed by atoms with Crippen LogP contribution in [0.1, 0.15) is 27.7 Å². The van der Waals surface area contributed by atoms with E-state index in [0.29, 0.717) is 13.4 Å². The van der Waals surface area contributed by atoms with Crippen molar-refractivity contribution in [1.29, 1.82) is 0 Å². The van der Waals surface area contributed by atoms with Crippen LogP contribution in [0.15, 0.2) is 121 Å². The molecular formula is C40H34BN3O2S. The topological polar surface area (TPSA) is 60.2 Å². The Kier molecular flexibility index (Phi) is 7.03. The molecule has 8 aromatic rings. The highest BCUT2D eigenvalue weighted by Crippen LogP contribution is 2.42. The number of nitrogens with zero attached hydrogens (tertiary/aromatic N) is 3. The molecule has 0 aliphatic rings. The zero-order chi connectivity index (χ0) is 32.3. The molecule has 0 amide bonds. The highest BCUT2D eigenvalue weighted by atomic mass is 32.1. The van der Waals surface area contributed by atoms with Crippen LogP contribution >= 0.6 is 11.3 Å². The van der Waals surface area contributed by atoms with Gasteiger partial charge in [-0.05, 0) is 51.4 Å². The quantitative estimate of drug-likeness (QED) is 0.179. The summed E-state index contributed by atoms with van der Waals surface area (Å²) in [4.78, 5) is 10.6. The van der Waals surface area contributed by atoms with Gasteiger partial charge in [-0.2, -0.15) is 0 Å². The van der Waals surface area contributed by atoms with Crippen LogP contribution in [0.2, 0.25) is 0 Å². The van der Waals surface area contributed by atoms with Crippen LogP contribution in [-0.4, -0.2) is 38.3 Å². The summed E-state index contributed by atoms with van der Waals surface area (Å²) in [5, 5.41) is 15.6. The molecule has 0 aliphatic heterocycles. The van der Waals surface area contributed by atoms with Crippen LogP contribution in [-0.2, 0) is 4.65 Å². The van der Waals surface area contributed by atoms with Crippen molar-refractivity contribution in [2.75, 3.05) is 0 Å². The van der Waals surface area contributed by atoms with Crippen LogP contribution in [0.4, 0.5) is 0 Å². The van der Waals surface area contributed by atoms with E-state index in [4.69, 9.17) is 14.6 Å². The van der Waals surface area contributed by atoms with Gasteiger partial charge >= 0.3 is 7.48 Å². The number of hydrogen-bond donors (Lipinski definition) is 1. The van der Waals surface area contributed by atoms with Gasteiger partial charge in [0.05, 0.1) is 33.6 Å². The van der Waals surface area contributed by atoms with Gasteiger partial charge in [0.15, 0.2) is 0 Å². The Hall–Kier alpha value is -4.82. The largest absolute Gasteiger partial charge is 0.427 e. The van der Waals surface area contributed by atoms with Gasteiger partial charge in [-0.25, -0.2) is 9.97 Å². The zero-order valence-corrected chi connectivity index (χ0v) is 27.7. The van der Waals surface area contributed by atoms with E-state index >= 15 is 0 Å². The van der Waals surface area contributed by atoms with Gasteiger partial charge in [0.25, 0.3) is 0 Å². The van der Waals surface area contributed by atoms with E-state index in [1.807, 2.05) is 50.2 Å². The van der Waals surface area contributed by atoms with Gasteiger partial charge in [0, 0.05) is 42.1 Å². The molecule has 8 rings (SSSR count). The minimum Gasteiger partial charge on any atom is -0.427 e. The molecule has 230 valence electrons. The average Bonchev–Trinajstić information content (AvgIpc) is 3.63. The lowest BCUT2D eigenvalue weighted by Gasteiger charge is -2.37. The first-order valence-electron chi connectivity index (χ1n) is 15.9. The maximum Gasteiger partial charge on any atom is 0.311 e. The van der Waals surface area contributed by atoms with E-state index in [2.05, 4.69) is 89.5 Å². The molecule has 0 atom stereocenters. The smallest absolute Gasteiger partial charge is 0.311 e. The van der Waals surface area contributed by atoms with E-state index in [9.17, 15) is 5.11 Å². The number of benzene rings is 5. The fourth-order valence-electron chi connectivity index (χ4n) is 6.23. The molecule has 7 heteroatoms. The van der Waals surface area contributed by atoms with Crippen molar-refractivity contribution in [3.63, 3.8) is 0 Å². The number of thiophene rings is 1. The molecule has 3 heterocycles. The number of rotatable bonds is 7. The highest BCUT2D eigenvalue weighted by Gasteiger charge is 2.36. The monoisotopic (exact) mass is 631 g/mol. The minimum absolute atomic E-state index is 0.308. The second-order valence-corrected chi connectivity index (χ2v) is 14.2. The third-order valence-corrected chi connectivity index (χ3v) is 10.6. The predicted octanol–water partition coefficient (Wildman–Crippen LogP) is 8.82. The van der Waals surface area contributed by atoms with E-state index in [0.717, 1.165) is 49.8 Å². The maximum atomic E-state index is 10.9. The Bertz CT molecular complexity index is 2370. The molecule has 0 saturated carbocycles. The Labute approximate surface area is 278 Å². The minimum atomic E-state index is -1.03. The van der Waals surface area contributed by atoms with E-state index in [-0.39, 0.29) is 0 Å². The fraction of sp³-hybridized carbons (Fsp3) is 0.150. The lowest BCUT2D eigenvalue weighted by molar-refractivity contribution is -0.0893. The molecule has 0 bridgehead atoms.